The van der Waals surface area contributed by atoms with Crippen molar-refractivity contribution in [1.29, 1.82) is 0 Å². The second-order valence-corrected chi connectivity index (χ2v) is 7.96. The van der Waals surface area contributed by atoms with Crippen LogP contribution in [0.5, 0.6) is 11.5 Å². The minimum atomic E-state index is -0.344. The Morgan fingerprint density at radius 3 is 3.04 bits per heavy atom. The monoisotopic (exact) mass is 309 g/mol. The molecule has 1 saturated heterocycles. The van der Waals surface area contributed by atoms with E-state index >= 15 is 0 Å². The van der Waals surface area contributed by atoms with Crippen molar-refractivity contribution in [2.75, 3.05) is 20.7 Å². The van der Waals surface area contributed by atoms with Crippen LogP contribution in [-0.4, -0.2) is 43.5 Å². The molecule has 1 aromatic rings. The van der Waals surface area contributed by atoms with Gasteiger partial charge < -0.3 is 9.47 Å². The van der Waals surface area contributed by atoms with Crippen molar-refractivity contribution in [3.05, 3.63) is 34.9 Å². The number of ketones is 1. The highest BCUT2D eigenvalue weighted by atomic mass is 16.5. The summed E-state index contributed by atoms with van der Waals surface area (Å²) in [4.78, 5) is 15.1. The predicted molar refractivity (Wildman–Crippen MR) is 84.0 cm³/mol. The fourth-order valence-electron chi connectivity index (χ4n) is 6.54. The molecule has 0 aromatic heterocycles. The zero-order chi connectivity index (χ0) is 15.6. The lowest BCUT2D eigenvalue weighted by atomic mass is 9.60. The van der Waals surface area contributed by atoms with Gasteiger partial charge in [0.05, 0.1) is 12.5 Å². The summed E-state index contributed by atoms with van der Waals surface area (Å²) >= 11 is 0. The fourth-order valence-corrected chi connectivity index (χ4v) is 6.54. The number of carbonyl (C=O) groups excluding carboxylic acids is 1. The molecule has 1 saturated carbocycles. The molecule has 5 aliphatic rings. The minimum Gasteiger partial charge on any atom is -0.493 e. The summed E-state index contributed by atoms with van der Waals surface area (Å²) < 4.78 is 11.8. The van der Waals surface area contributed by atoms with E-state index in [9.17, 15) is 4.79 Å². The number of carbonyl (C=O) groups is 1. The van der Waals surface area contributed by atoms with E-state index in [-0.39, 0.29) is 17.3 Å². The van der Waals surface area contributed by atoms with Crippen LogP contribution in [0.3, 0.4) is 0 Å². The molecule has 23 heavy (non-hydrogen) atoms. The van der Waals surface area contributed by atoms with Crippen molar-refractivity contribution in [3.63, 3.8) is 0 Å². The van der Waals surface area contributed by atoms with Crippen molar-refractivity contribution < 1.29 is 14.3 Å². The Balaban J connectivity index is 1.72. The van der Waals surface area contributed by atoms with E-state index in [1.807, 2.05) is 6.07 Å². The van der Waals surface area contributed by atoms with Crippen molar-refractivity contribution >= 4 is 5.78 Å². The number of ether oxygens (including phenoxy) is 2. The van der Waals surface area contributed by atoms with Gasteiger partial charge in [0.1, 0.15) is 0 Å². The maximum Gasteiger partial charge on any atom is 0.178 e. The number of benzene rings is 1. The Hall–Kier alpha value is -1.81. The predicted octanol–water partition coefficient (Wildman–Crippen LogP) is 1.85. The van der Waals surface area contributed by atoms with Gasteiger partial charge >= 0.3 is 0 Å². The first-order chi connectivity index (χ1) is 11.1. The molecular weight excluding hydrogens is 290 g/mol. The Labute approximate surface area is 135 Å². The van der Waals surface area contributed by atoms with E-state index in [0.717, 1.165) is 30.9 Å². The summed E-state index contributed by atoms with van der Waals surface area (Å²) in [6.07, 6.45) is 4.54. The summed E-state index contributed by atoms with van der Waals surface area (Å²) in [5.41, 5.74) is 4.15. The van der Waals surface area contributed by atoms with Gasteiger partial charge in [-0.15, -0.1) is 0 Å². The second kappa shape index (κ2) is 3.48. The van der Waals surface area contributed by atoms with Crippen LogP contribution in [0.1, 0.15) is 24.0 Å². The number of Topliss-reactive ketones (excluding diaryl/α,β-unsaturated/α-hetero) is 1. The summed E-state index contributed by atoms with van der Waals surface area (Å²) in [5, 5.41) is 0. The first-order valence-corrected chi connectivity index (χ1v) is 8.41. The maximum atomic E-state index is 12.7. The van der Waals surface area contributed by atoms with Crippen LogP contribution >= 0.6 is 0 Å². The zero-order valence-electron chi connectivity index (χ0n) is 13.4. The Bertz CT molecular complexity index is 828. The normalized spacial score (nSPS) is 41.7. The Kier molecular flexibility index (Phi) is 1.91. The highest BCUT2D eigenvalue weighted by Crippen LogP contribution is 2.72. The third-order valence-corrected chi connectivity index (χ3v) is 6.94. The first-order valence-electron chi connectivity index (χ1n) is 8.41. The first kappa shape index (κ1) is 12.6. The third-order valence-electron chi connectivity index (χ3n) is 6.94. The summed E-state index contributed by atoms with van der Waals surface area (Å²) in [6, 6.07) is 4.68. The Morgan fingerprint density at radius 1 is 1.39 bits per heavy atom. The summed E-state index contributed by atoms with van der Waals surface area (Å²) in [7, 11) is 3.89. The molecule has 2 aliphatic heterocycles. The summed E-state index contributed by atoms with van der Waals surface area (Å²) in [6.45, 7) is 1.12. The molecule has 0 radical (unpaired) electrons. The molecule has 6 rings (SSSR count). The largest absolute Gasteiger partial charge is 0.493 e. The lowest BCUT2D eigenvalue weighted by molar-refractivity contribution is -0.127. The van der Waals surface area contributed by atoms with Crippen LogP contribution < -0.4 is 9.47 Å². The van der Waals surface area contributed by atoms with Gasteiger partial charge in [0.15, 0.2) is 23.4 Å². The lowest BCUT2D eigenvalue weighted by Gasteiger charge is -2.53. The number of hydrogen-bond donors (Lipinski definition) is 0. The average Bonchev–Trinajstić information content (AvgIpc) is 2.96. The average molecular weight is 309 g/mol. The quantitative estimate of drug-likeness (QED) is 0.742. The van der Waals surface area contributed by atoms with Crippen LogP contribution in [-0.2, 0) is 16.6 Å². The van der Waals surface area contributed by atoms with E-state index in [1.165, 1.54) is 16.7 Å². The van der Waals surface area contributed by atoms with E-state index in [4.69, 9.17) is 9.47 Å². The SMILES string of the molecule is COc1ccc2c3c1O[C@H]1C(=O)CC=C4[C@@H]5N(C)CC5(C2)C[C@]431. The van der Waals surface area contributed by atoms with Gasteiger partial charge in [0.25, 0.3) is 0 Å². The van der Waals surface area contributed by atoms with E-state index in [2.05, 4.69) is 24.1 Å². The number of allylic oxidation sites excluding steroid dienone is 1. The maximum absolute atomic E-state index is 12.7. The highest BCUT2D eigenvalue weighted by Gasteiger charge is 2.74. The highest BCUT2D eigenvalue weighted by molar-refractivity contribution is 5.92. The molecule has 2 heterocycles. The number of likely N-dealkylation sites (tertiary alicyclic amines) is 1. The second-order valence-electron chi connectivity index (χ2n) is 7.96. The molecular formula is C19H19NO3. The molecule has 0 N–H and O–H groups in total. The number of fused-ring (bicyclic) bond motifs is 1. The Morgan fingerprint density at radius 2 is 2.26 bits per heavy atom. The standard InChI is InChI=1S/C19H19NO3/c1-20-9-18-7-10-3-6-13(22-2)15-14(10)19(8-18)11(16(18)20)4-5-12(21)17(19)23-15/h3-4,6,16-17H,5,7-9H2,1-2H3/t16-,17-,18?,19-/m0/s1. The van der Waals surface area contributed by atoms with E-state index in [1.54, 1.807) is 7.11 Å². The van der Waals surface area contributed by atoms with Crippen LogP contribution in [0.15, 0.2) is 23.8 Å². The van der Waals surface area contributed by atoms with Crippen LogP contribution in [0.4, 0.5) is 0 Å². The number of nitrogens with zero attached hydrogens (tertiary/aromatic N) is 1. The molecule has 4 heteroatoms. The number of methoxy groups -OCH3 is 1. The molecule has 3 aliphatic carbocycles. The van der Waals surface area contributed by atoms with E-state index < -0.39 is 0 Å². The van der Waals surface area contributed by atoms with Crippen molar-refractivity contribution in [3.8, 4) is 11.5 Å². The molecule has 0 amide bonds. The van der Waals surface area contributed by atoms with Gasteiger partial charge in [-0.05, 0) is 37.1 Å². The van der Waals surface area contributed by atoms with Crippen LogP contribution in [0.25, 0.3) is 0 Å². The number of rotatable bonds is 1. The van der Waals surface area contributed by atoms with Gasteiger partial charge in [0, 0.05) is 30.0 Å². The summed E-state index contributed by atoms with van der Waals surface area (Å²) in [5.74, 6) is 1.82. The third kappa shape index (κ3) is 1.09. The van der Waals surface area contributed by atoms with Gasteiger partial charge in [0.2, 0.25) is 0 Å². The van der Waals surface area contributed by atoms with Gasteiger partial charge in [-0.2, -0.15) is 0 Å². The van der Waals surface area contributed by atoms with E-state index in [0.29, 0.717) is 17.9 Å². The lowest BCUT2D eigenvalue weighted by Crippen LogP contribution is -2.61. The molecule has 118 valence electrons. The molecule has 2 bridgehead atoms. The molecule has 1 aromatic carbocycles. The van der Waals surface area contributed by atoms with Crippen molar-refractivity contribution in [1.82, 2.24) is 4.90 Å². The molecule has 1 unspecified atom stereocenters. The van der Waals surface area contributed by atoms with Gasteiger partial charge in [-0.25, -0.2) is 0 Å². The van der Waals surface area contributed by atoms with Gasteiger partial charge in [-0.1, -0.05) is 12.1 Å². The van der Waals surface area contributed by atoms with Crippen molar-refractivity contribution in [2.24, 2.45) is 5.41 Å². The number of likely N-dealkylation sites (N-methyl/N-ethyl adjacent to an activating group) is 1. The topological polar surface area (TPSA) is 38.8 Å². The minimum absolute atomic E-state index is 0.220. The number of hydrogen-bond acceptors (Lipinski definition) is 4. The van der Waals surface area contributed by atoms with Crippen LogP contribution in [0, 0.1) is 5.41 Å². The molecule has 2 spiro atoms. The molecule has 4 atom stereocenters. The smallest absolute Gasteiger partial charge is 0.178 e. The molecule has 4 nitrogen and oxygen atoms in total. The van der Waals surface area contributed by atoms with Gasteiger partial charge in [-0.3, -0.25) is 9.69 Å². The zero-order valence-corrected chi connectivity index (χ0v) is 13.4. The van der Waals surface area contributed by atoms with Crippen molar-refractivity contribution in [2.45, 2.75) is 36.8 Å². The molecule has 2 fully saturated rings. The fraction of sp³-hybridized carbons (Fsp3) is 0.526. The van der Waals surface area contributed by atoms with Crippen LogP contribution in [0.2, 0.25) is 0 Å².